The lowest BCUT2D eigenvalue weighted by molar-refractivity contribution is 1.37. The Hall–Kier alpha value is -2.22. The Kier molecular flexibility index (Phi) is 3.84. The Balaban J connectivity index is 2.35. The quantitative estimate of drug-likeness (QED) is 0.630. The predicted molar refractivity (Wildman–Crippen MR) is 89.6 cm³/mol. The lowest BCUT2D eigenvalue weighted by atomic mass is 10.0. The molecule has 0 atom stereocenters. The van der Waals surface area contributed by atoms with E-state index in [-0.39, 0.29) is 0 Å². The highest BCUT2D eigenvalue weighted by Gasteiger charge is 2.01. The van der Waals surface area contributed by atoms with E-state index in [9.17, 15) is 0 Å². The molecule has 0 saturated carbocycles. The highest BCUT2D eigenvalue weighted by molar-refractivity contribution is 5.74. The van der Waals surface area contributed by atoms with Crippen LogP contribution in [-0.2, 0) is 0 Å². The first kappa shape index (κ1) is 14.2. The molecule has 2 aromatic carbocycles. The normalized spacial score (nSPS) is 11.2. The smallest absolute Gasteiger partial charge is 0.0373 e. The molecule has 0 radical (unpaired) electrons. The van der Waals surface area contributed by atoms with Gasteiger partial charge in [-0.15, -0.1) is 0 Å². The van der Waals surface area contributed by atoms with Crippen LogP contribution in [0.5, 0.6) is 0 Å². The van der Waals surface area contributed by atoms with E-state index in [0.717, 1.165) is 33.6 Å². The van der Waals surface area contributed by atoms with Crippen molar-refractivity contribution in [2.75, 3.05) is 11.5 Å². The predicted octanol–water partition coefficient (Wildman–Crippen LogP) is 4.26. The topological polar surface area (TPSA) is 52.0 Å². The van der Waals surface area contributed by atoms with Gasteiger partial charge in [-0.3, -0.25) is 0 Å². The minimum Gasteiger partial charge on any atom is -0.398 e. The summed E-state index contributed by atoms with van der Waals surface area (Å²) >= 11 is 0. The minimum atomic E-state index is 0.876. The summed E-state index contributed by atoms with van der Waals surface area (Å²) in [5.41, 5.74) is 20.5. The van der Waals surface area contributed by atoms with E-state index in [1.54, 1.807) is 0 Å². The molecule has 2 nitrogen and oxygen atoms in total. The number of aryl methyl sites for hydroxylation is 4. The molecule has 4 N–H and O–H groups in total. The zero-order valence-corrected chi connectivity index (χ0v) is 12.6. The van der Waals surface area contributed by atoms with Crippen LogP contribution in [-0.4, -0.2) is 0 Å². The summed E-state index contributed by atoms with van der Waals surface area (Å²) in [5, 5.41) is 0. The fraction of sp³-hybridized carbons (Fsp3) is 0.222. The van der Waals surface area contributed by atoms with Gasteiger partial charge in [-0.25, -0.2) is 0 Å². The van der Waals surface area contributed by atoms with Crippen molar-refractivity contribution in [3.8, 4) is 0 Å². The number of benzene rings is 2. The molecule has 0 aromatic heterocycles. The number of anilines is 2. The number of nitrogens with two attached hydrogens (primary N) is 2. The molecule has 0 fully saturated rings. The second kappa shape index (κ2) is 5.41. The largest absolute Gasteiger partial charge is 0.398 e. The van der Waals surface area contributed by atoms with Gasteiger partial charge >= 0.3 is 0 Å². The van der Waals surface area contributed by atoms with Gasteiger partial charge in [0.15, 0.2) is 0 Å². The van der Waals surface area contributed by atoms with Crippen LogP contribution in [0.4, 0.5) is 11.4 Å². The van der Waals surface area contributed by atoms with E-state index in [2.05, 4.69) is 36.4 Å². The van der Waals surface area contributed by atoms with E-state index in [1.807, 2.05) is 27.7 Å². The van der Waals surface area contributed by atoms with Crippen molar-refractivity contribution in [2.45, 2.75) is 27.7 Å². The van der Waals surface area contributed by atoms with Crippen molar-refractivity contribution in [2.24, 2.45) is 0 Å². The van der Waals surface area contributed by atoms with Gasteiger partial charge in [0.1, 0.15) is 0 Å². The van der Waals surface area contributed by atoms with Crippen molar-refractivity contribution in [3.63, 3.8) is 0 Å². The van der Waals surface area contributed by atoms with Gasteiger partial charge in [0.25, 0.3) is 0 Å². The Bertz CT molecular complexity index is 576. The molecule has 2 aromatic rings. The van der Waals surface area contributed by atoms with Crippen LogP contribution in [0.15, 0.2) is 24.3 Å². The van der Waals surface area contributed by atoms with Crippen LogP contribution in [0.3, 0.4) is 0 Å². The first-order chi connectivity index (χ1) is 9.38. The van der Waals surface area contributed by atoms with E-state index < -0.39 is 0 Å². The standard InChI is InChI=1S/C18H22N2/c1-11-7-15(8-12(2)17(11)19)5-6-16-9-13(3)18(20)14(4)10-16/h5-10H,19-20H2,1-4H3. The van der Waals surface area contributed by atoms with Gasteiger partial charge in [0, 0.05) is 11.4 Å². The monoisotopic (exact) mass is 266 g/mol. The maximum atomic E-state index is 5.98. The second-order valence-electron chi connectivity index (χ2n) is 5.47. The molecule has 0 aliphatic heterocycles. The van der Waals surface area contributed by atoms with Gasteiger partial charge in [-0.1, -0.05) is 12.2 Å². The first-order valence-corrected chi connectivity index (χ1v) is 6.80. The summed E-state index contributed by atoms with van der Waals surface area (Å²) in [7, 11) is 0. The number of hydrogen-bond acceptors (Lipinski definition) is 2. The SMILES string of the molecule is Cc1cc(C=Cc2cc(C)c(N)c(C)c2)cc(C)c1N. The van der Waals surface area contributed by atoms with Crippen LogP contribution >= 0.6 is 0 Å². The highest BCUT2D eigenvalue weighted by atomic mass is 14.6. The molecule has 0 aliphatic rings. The molecule has 2 heteroatoms. The second-order valence-corrected chi connectivity index (χ2v) is 5.47. The lowest BCUT2D eigenvalue weighted by Crippen LogP contribution is -1.94. The summed E-state index contributed by atoms with van der Waals surface area (Å²) in [4.78, 5) is 0. The molecule has 0 aliphatic carbocycles. The third kappa shape index (κ3) is 2.85. The van der Waals surface area contributed by atoms with Crippen molar-refractivity contribution in [3.05, 3.63) is 57.6 Å². The van der Waals surface area contributed by atoms with Gasteiger partial charge in [-0.2, -0.15) is 0 Å². The third-order valence-corrected chi connectivity index (χ3v) is 3.70. The van der Waals surface area contributed by atoms with Crippen LogP contribution in [0, 0.1) is 27.7 Å². The van der Waals surface area contributed by atoms with Gasteiger partial charge in [0.05, 0.1) is 0 Å². The van der Waals surface area contributed by atoms with Crippen LogP contribution < -0.4 is 11.5 Å². The summed E-state index contributed by atoms with van der Waals surface area (Å²) in [6.45, 7) is 8.16. The zero-order chi connectivity index (χ0) is 14.9. The van der Waals surface area contributed by atoms with E-state index in [1.165, 1.54) is 11.1 Å². The first-order valence-electron chi connectivity index (χ1n) is 6.80. The molecular weight excluding hydrogens is 244 g/mol. The Morgan fingerprint density at radius 3 is 1.10 bits per heavy atom. The number of rotatable bonds is 2. The molecule has 0 bridgehead atoms. The van der Waals surface area contributed by atoms with E-state index >= 15 is 0 Å². The van der Waals surface area contributed by atoms with Gasteiger partial charge in [-0.05, 0) is 85.3 Å². The molecule has 2 rings (SSSR count). The zero-order valence-electron chi connectivity index (χ0n) is 12.6. The average molecular weight is 266 g/mol. The molecule has 0 heterocycles. The summed E-state index contributed by atoms with van der Waals surface area (Å²) < 4.78 is 0. The maximum absolute atomic E-state index is 5.98. The molecular formula is C18H22N2. The van der Waals surface area contributed by atoms with Crippen molar-refractivity contribution < 1.29 is 0 Å². The molecule has 0 saturated heterocycles. The van der Waals surface area contributed by atoms with Crippen molar-refractivity contribution in [1.82, 2.24) is 0 Å². The van der Waals surface area contributed by atoms with E-state index in [0.29, 0.717) is 0 Å². The lowest BCUT2D eigenvalue weighted by Gasteiger charge is -2.07. The molecule has 20 heavy (non-hydrogen) atoms. The molecule has 0 unspecified atom stereocenters. The third-order valence-electron chi connectivity index (χ3n) is 3.70. The minimum absolute atomic E-state index is 0.876. The van der Waals surface area contributed by atoms with Crippen LogP contribution in [0.2, 0.25) is 0 Å². The van der Waals surface area contributed by atoms with Gasteiger partial charge in [0.2, 0.25) is 0 Å². The molecule has 104 valence electrons. The Morgan fingerprint density at radius 2 is 0.850 bits per heavy atom. The fourth-order valence-corrected chi connectivity index (χ4v) is 2.40. The molecule has 0 amide bonds. The summed E-state index contributed by atoms with van der Waals surface area (Å²) in [6, 6.07) is 8.43. The maximum Gasteiger partial charge on any atom is 0.0373 e. The van der Waals surface area contributed by atoms with Crippen molar-refractivity contribution in [1.29, 1.82) is 0 Å². The summed E-state index contributed by atoms with van der Waals surface area (Å²) in [6.07, 6.45) is 4.23. The van der Waals surface area contributed by atoms with Crippen LogP contribution in [0.1, 0.15) is 33.4 Å². The Labute approximate surface area is 121 Å². The van der Waals surface area contributed by atoms with E-state index in [4.69, 9.17) is 11.5 Å². The van der Waals surface area contributed by atoms with Crippen LogP contribution in [0.25, 0.3) is 12.2 Å². The Morgan fingerprint density at radius 1 is 0.600 bits per heavy atom. The van der Waals surface area contributed by atoms with Crippen molar-refractivity contribution >= 4 is 23.5 Å². The fourth-order valence-electron chi connectivity index (χ4n) is 2.40. The molecule has 0 spiro atoms. The highest BCUT2D eigenvalue weighted by Crippen LogP contribution is 2.22. The average Bonchev–Trinajstić information content (AvgIpc) is 2.39. The number of nitrogen functional groups attached to an aromatic ring is 2. The number of hydrogen-bond donors (Lipinski definition) is 2. The summed E-state index contributed by atoms with van der Waals surface area (Å²) in [5.74, 6) is 0. The van der Waals surface area contributed by atoms with Gasteiger partial charge < -0.3 is 11.5 Å².